The fourth-order valence-electron chi connectivity index (χ4n) is 3.42. The van der Waals surface area contributed by atoms with Crippen molar-refractivity contribution >= 4 is 34.1 Å². The van der Waals surface area contributed by atoms with Gasteiger partial charge in [0.1, 0.15) is 5.95 Å². The molecule has 29 heavy (non-hydrogen) atoms. The van der Waals surface area contributed by atoms with Gasteiger partial charge in [-0.25, -0.2) is 4.98 Å². The third-order valence-electron chi connectivity index (χ3n) is 4.79. The molecule has 2 aromatic carbocycles. The quantitative estimate of drug-likeness (QED) is 0.513. The van der Waals surface area contributed by atoms with Gasteiger partial charge in [0.25, 0.3) is 5.56 Å². The predicted molar refractivity (Wildman–Crippen MR) is 117 cm³/mol. The number of aromatic nitrogens is 3. The highest BCUT2D eigenvalue weighted by Crippen LogP contribution is 2.35. The molecule has 4 rings (SSSR count). The van der Waals surface area contributed by atoms with E-state index in [-0.39, 0.29) is 11.5 Å². The lowest BCUT2D eigenvalue weighted by Crippen LogP contribution is -2.23. The molecule has 7 heteroatoms. The highest BCUT2D eigenvalue weighted by atomic mass is 35.5. The molecule has 0 fully saturated rings. The molecule has 4 aromatic rings. The second kappa shape index (κ2) is 7.56. The van der Waals surface area contributed by atoms with E-state index in [1.54, 1.807) is 4.57 Å². The number of nitrogens with zero attached hydrogens (tertiary/aromatic N) is 4. The molecule has 0 bridgehead atoms. The van der Waals surface area contributed by atoms with Gasteiger partial charge in [0, 0.05) is 17.6 Å². The van der Waals surface area contributed by atoms with Gasteiger partial charge in [-0.3, -0.25) is 9.36 Å². The Kier molecular flexibility index (Phi) is 4.94. The number of nitrogen functional groups attached to an aromatic ring is 1. The maximum absolute atomic E-state index is 13.5. The minimum absolute atomic E-state index is 0.0860. The zero-order valence-electron chi connectivity index (χ0n) is 16.0. The van der Waals surface area contributed by atoms with E-state index in [0.29, 0.717) is 16.2 Å². The predicted octanol–water partition coefficient (Wildman–Crippen LogP) is 5.09. The van der Waals surface area contributed by atoms with Gasteiger partial charge < -0.3 is 16.0 Å². The standard InChI is InChI=1S/C22H19ClN5O/c1-13-7-6-8-15-11-18(14(2)26-20-17(23)12-25-22(24)27-20)28(21(29)19(13)15)16-9-4-3-5-10-16/h3-12,14H,1-2H3,(H2-,24,25,26,27)/q-1. The minimum atomic E-state index is -0.403. The Balaban J connectivity index is 1.93. The Morgan fingerprint density at radius 1 is 1.14 bits per heavy atom. The Morgan fingerprint density at radius 2 is 1.90 bits per heavy atom. The molecule has 0 saturated heterocycles. The maximum atomic E-state index is 13.5. The highest BCUT2D eigenvalue weighted by Gasteiger charge is 2.15. The first kappa shape index (κ1) is 19.0. The Morgan fingerprint density at radius 3 is 2.66 bits per heavy atom. The topological polar surface area (TPSA) is 87.9 Å². The summed E-state index contributed by atoms with van der Waals surface area (Å²) < 4.78 is 1.70. The van der Waals surface area contributed by atoms with Crippen LogP contribution >= 0.6 is 11.6 Å². The molecule has 0 radical (unpaired) electrons. The third-order valence-corrected chi connectivity index (χ3v) is 5.05. The largest absolute Gasteiger partial charge is 0.455 e. The molecule has 2 heterocycles. The van der Waals surface area contributed by atoms with Crippen LogP contribution in [-0.4, -0.2) is 14.5 Å². The summed E-state index contributed by atoms with van der Waals surface area (Å²) in [4.78, 5) is 21.5. The van der Waals surface area contributed by atoms with Gasteiger partial charge in [-0.1, -0.05) is 54.9 Å². The van der Waals surface area contributed by atoms with E-state index in [0.717, 1.165) is 22.3 Å². The lowest BCUT2D eigenvalue weighted by molar-refractivity contribution is 0.801. The molecule has 1 unspecified atom stereocenters. The number of pyridine rings is 1. The number of hydrogen-bond acceptors (Lipinski definition) is 4. The van der Waals surface area contributed by atoms with Crippen LogP contribution in [0, 0.1) is 6.92 Å². The van der Waals surface area contributed by atoms with Crippen LogP contribution in [0.1, 0.15) is 24.2 Å². The maximum Gasteiger partial charge on any atom is 0.263 e. The second-order valence-corrected chi connectivity index (χ2v) is 7.20. The molecular formula is C22H19ClN5O-. The molecule has 0 saturated carbocycles. The van der Waals surface area contributed by atoms with E-state index in [9.17, 15) is 4.79 Å². The molecule has 0 amide bonds. The summed E-state index contributed by atoms with van der Waals surface area (Å²) in [6.45, 7) is 3.83. The van der Waals surface area contributed by atoms with Crippen molar-refractivity contribution in [1.29, 1.82) is 0 Å². The molecule has 0 aliphatic carbocycles. The van der Waals surface area contributed by atoms with Gasteiger partial charge in [0.2, 0.25) is 0 Å². The Labute approximate surface area is 173 Å². The van der Waals surface area contributed by atoms with Gasteiger partial charge in [0.15, 0.2) is 0 Å². The van der Waals surface area contributed by atoms with Crippen molar-refractivity contribution in [2.75, 3.05) is 5.73 Å². The van der Waals surface area contributed by atoms with E-state index in [1.165, 1.54) is 6.20 Å². The van der Waals surface area contributed by atoms with E-state index in [2.05, 4.69) is 15.3 Å². The van der Waals surface area contributed by atoms with Gasteiger partial charge in [-0.2, -0.15) is 0 Å². The van der Waals surface area contributed by atoms with E-state index >= 15 is 0 Å². The van der Waals surface area contributed by atoms with E-state index in [1.807, 2.05) is 68.4 Å². The van der Waals surface area contributed by atoms with Crippen molar-refractivity contribution in [3.05, 3.63) is 92.7 Å². The monoisotopic (exact) mass is 404 g/mol. The average molecular weight is 405 g/mol. The first-order valence-electron chi connectivity index (χ1n) is 9.15. The number of rotatable bonds is 4. The van der Waals surface area contributed by atoms with Crippen LogP contribution in [0.2, 0.25) is 5.02 Å². The molecule has 6 nitrogen and oxygen atoms in total. The van der Waals surface area contributed by atoms with Crippen LogP contribution in [0.4, 0.5) is 11.8 Å². The van der Waals surface area contributed by atoms with E-state index < -0.39 is 6.04 Å². The fraction of sp³-hybridized carbons (Fsp3) is 0.136. The number of fused-ring (bicyclic) bond motifs is 1. The van der Waals surface area contributed by atoms with Gasteiger partial charge in [0.05, 0.1) is 10.4 Å². The second-order valence-electron chi connectivity index (χ2n) is 6.79. The summed E-state index contributed by atoms with van der Waals surface area (Å²) in [5.74, 6) is 0.387. The van der Waals surface area contributed by atoms with Crippen LogP contribution in [-0.2, 0) is 0 Å². The first-order valence-corrected chi connectivity index (χ1v) is 9.53. The number of aryl methyl sites for hydroxylation is 1. The molecule has 0 aliphatic rings. The normalized spacial score (nSPS) is 12.1. The number of nitrogens with two attached hydrogens (primary N) is 1. The summed E-state index contributed by atoms with van der Waals surface area (Å²) in [6, 6.07) is 16.9. The van der Waals surface area contributed by atoms with Gasteiger partial charge in [-0.15, -0.1) is 0 Å². The van der Waals surface area contributed by atoms with Crippen LogP contribution < -0.4 is 11.3 Å². The number of hydrogen-bond donors (Lipinski definition) is 1. The lowest BCUT2D eigenvalue weighted by Gasteiger charge is -2.27. The van der Waals surface area contributed by atoms with Crippen molar-refractivity contribution in [3.63, 3.8) is 0 Å². The molecule has 146 valence electrons. The van der Waals surface area contributed by atoms with Crippen molar-refractivity contribution in [2.24, 2.45) is 0 Å². The Hall–Kier alpha value is -3.38. The number of benzene rings is 2. The third kappa shape index (κ3) is 3.54. The average Bonchev–Trinajstić information content (AvgIpc) is 2.71. The van der Waals surface area contributed by atoms with Crippen molar-refractivity contribution in [3.8, 4) is 5.69 Å². The van der Waals surface area contributed by atoms with Crippen LogP contribution in [0.5, 0.6) is 0 Å². The fourth-order valence-corrected chi connectivity index (χ4v) is 3.56. The summed E-state index contributed by atoms with van der Waals surface area (Å²) in [5, 5.41) is 6.48. The molecule has 0 aliphatic heterocycles. The van der Waals surface area contributed by atoms with Crippen molar-refractivity contribution in [1.82, 2.24) is 14.5 Å². The minimum Gasteiger partial charge on any atom is -0.455 e. The molecule has 2 N–H and O–H groups in total. The van der Waals surface area contributed by atoms with Gasteiger partial charge in [-0.05, 0) is 47.9 Å². The molecule has 1 atom stereocenters. The molecule has 0 spiro atoms. The summed E-state index contributed by atoms with van der Waals surface area (Å²) in [7, 11) is 0. The highest BCUT2D eigenvalue weighted by molar-refractivity contribution is 6.33. The summed E-state index contributed by atoms with van der Waals surface area (Å²) >= 11 is 6.19. The van der Waals surface area contributed by atoms with Crippen LogP contribution in [0.3, 0.4) is 0 Å². The van der Waals surface area contributed by atoms with Gasteiger partial charge >= 0.3 is 0 Å². The Bertz CT molecular complexity index is 1250. The first-order chi connectivity index (χ1) is 14.0. The SMILES string of the molecule is Cc1cccc2cc(C(C)[N-]c3nc(N)ncc3Cl)n(-c3ccccc3)c(=O)c12. The zero-order chi connectivity index (χ0) is 20.5. The summed E-state index contributed by atoms with van der Waals surface area (Å²) in [6.07, 6.45) is 1.42. The van der Waals surface area contributed by atoms with Crippen molar-refractivity contribution < 1.29 is 0 Å². The molecule has 2 aromatic heterocycles. The number of halogens is 1. The van der Waals surface area contributed by atoms with Crippen LogP contribution in [0.25, 0.3) is 21.8 Å². The summed E-state index contributed by atoms with van der Waals surface area (Å²) in [5.41, 5.74) is 8.03. The van der Waals surface area contributed by atoms with E-state index in [4.69, 9.17) is 17.3 Å². The van der Waals surface area contributed by atoms with Crippen LogP contribution in [0.15, 0.2) is 65.6 Å². The smallest absolute Gasteiger partial charge is 0.263 e. The number of para-hydroxylation sites is 1. The number of anilines is 1. The molecular weight excluding hydrogens is 386 g/mol. The lowest BCUT2D eigenvalue weighted by atomic mass is 10.0. The zero-order valence-corrected chi connectivity index (χ0v) is 16.8. The van der Waals surface area contributed by atoms with Crippen molar-refractivity contribution in [2.45, 2.75) is 19.9 Å².